The molecule has 6 nitrogen and oxygen atoms in total. The van der Waals surface area contributed by atoms with Gasteiger partial charge < -0.3 is 10.2 Å². The Labute approximate surface area is 178 Å². The highest BCUT2D eigenvalue weighted by Crippen LogP contribution is 2.32. The van der Waals surface area contributed by atoms with Crippen LogP contribution < -0.4 is 0 Å². The highest BCUT2D eigenvalue weighted by molar-refractivity contribution is 7.99. The molecule has 2 aromatic heterocycles. The van der Waals surface area contributed by atoms with E-state index in [0.29, 0.717) is 10.7 Å². The second kappa shape index (κ2) is 7.84. The molecular weight excluding hydrogens is 398 g/mol. The summed E-state index contributed by atoms with van der Waals surface area (Å²) in [5.74, 6) is -0.580. The predicted molar refractivity (Wildman–Crippen MR) is 118 cm³/mol. The number of aryl methyl sites for hydroxylation is 3. The Hall–Kier alpha value is -3.32. The van der Waals surface area contributed by atoms with E-state index < -0.39 is 0 Å². The van der Waals surface area contributed by atoms with E-state index in [9.17, 15) is 15.0 Å². The van der Waals surface area contributed by atoms with E-state index in [1.54, 1.807) is 12.4 Å². The number of ketones is 1. The van der Waals surface area contributed by atoms with E-state index in [-0.39, 0.29) is 23.0 Å². The van der Waals surface area contributed by atoms with Gasteiger partial charge in [0, 0.05) is 11.8 Å². The Morgan fingerprint density at radius 3 is 2.47 bits per heavy atom. The minimum Gasteiger partial charge on any atom is -0.504 e. The summed E-state index contributed by atoms with van der Waals surface area (Å²) in [6, 6.07) is 10.3. The molecule has 0 saturated heterocycles. The van der Waals surface area contributed by atoms with Gasteiger partial charge in [0.2, 0.25) is 0 Å². The van der Waals surface area contributed by atoms with Crippen molar-refractivity contribution in [2.75, 3.05) is 5.75 Å². The number of Topliss-reactive ketones (excluding diaryl/α,β-unsaturated/α-hetero) is 1. The summed E-state index contributed by atoms with van der Waals surface area (Å²) in [7, 11) is 0. The molecule has 0 fully saturated rings. The number of rotatable bonds is 5. The molecule has 2 aromatic carbocycles. The topological polar surface area (TPSA) is 88.2 Å². The molecule has 0 saturated carbocycles. The maximum absolute atomic E-state index is 12.7. The summed E-state index contributed by atoms with van der Waals surface area (Å²) < 4.78 is 2.08. The highest BCUT2D eigenvalue weighted by Gasteiger charge is 2.18. The molecule has 0 atom stereocenters. The van der Waals surface area contributed by atoms with Crippen molar-refractivity contribution < 1.29 is 15.0 Å². The van der Waals surface area contributed by atoms with Gasteiger partial charge in [-0.1, -0.05) is 29.5 Å². The number of aromatic hydroxyl groups is 2. The van der Waals surface area contributed by atoms with Gasteiger partial charge in [0.1, 0.15) is 5.52 Å². The third-order valence-corrected chi connectivity index (χ3v) is 5.85. The molecule has 0 unspecified atom stereocenters. The van der Waals surface area contributed by atoms with Crippen molar-refractivity contribution in [1.82, 2.24) is 14.5 Å². The number of pyridine rings is 1. The number of thioether (sulfide) groups is 1. The molecular formula is C23H21N3O3S. The van der Waals surface area contributed by atoms with Gasteiger partial charge in [0.25, 0.3) is 0 Å². The molecule has 0 bridgehead atoms. The Balaban J connectivity index is 1.74. The van der Waals surface area contributed by atoms with Crippen LogP contribution >= 0.6 is 11.8 Å². The first-order valence-electron chi connectivity index (χ1n) is 9.44. The van der Waals surface area contributed by atoms with Crippen molar-refractivity contribution in [3.63, 3.8) is 0 Å². The molecule has 2 N–H and O–H groups in total. The molecule has 0 aliphatic carbocycles. The number of phenols is 2. The molecule has 0 aliphatic heterocycles. The Kier molecular flexibility index (Phi) is 5.22. The minimum atomic E-state index is -0.310. The van der Waals surface area contributed by atoms with E-state index >= 15 is 0 Å². The van der Waals surface area contributed by atoms with Crippen molar-refractivity contribution in [3.05, 3.63) is 71.0 Å². The minimum absolute atomic E-state index is 0.144. The number of carbonyl (C=O) groups is 1. The van der Waals surface area contributed by atoms with E-state index in [4.69, 9.17) is 4.98 Å². The lowest BCUT2D eigenvalue weighted by molar-refractivity contribution is 0.102. The van der Waals surface area contributed by atoms with Crippen LogP contribution in [-0.2, 0) is 0 Å². The van der Waals surface area contributed by atoms with Gasteiger partial charge in [-0.15, -0.1) is 0 Å². The second-order valence-electron chi connectivity index (χ2n) is 7.26. The van der Waals surface area contributed by atoms with E-state index in [0.717, 1.165) is 27.8 Å². The maximum Gasteiger partial charge on any atom is 0.174 e. The van der Waals surface area contributed by atoms with Crippen molar-refractivity contribution in [1.29, 1.82) is 0 Å². The SMILES string of the molecule is Cc1cc(C)c(-n2c(SCC(=O)c3ccc(O)c(O)c3)nc3cnccc32)c(C)c1. The van der Waals surface area contributed by atoms with Gasteiger partial charge >= 0.3 is 0 Å². The fourth-order valence-electron chi connectivity index (χ4n) is 3.66. The van der Waals surface area contributed by atoms with E-state index in [1.165, 1.54) is 35.5 Å². The molecule has 30 heavy (non-hydrogen) atoms. The zero-order valence-electron chi connectivity index (χ0n) is 16.9. The van der Waals surface area contributed by atoms with Crippen LogP contribution in [0.15, 0.2) is 53.9 Å². The lowest BCUT2D eigenvalue weighted by atomic mass is 10.0. The number of fused-ring (bicyclic) bond motifs is 1. The first kappa shape index (κ1) is 20.0. The highest BCUT2D eigenvalue weighted by atomic mass is 32.2. The fraction of sp³-hybridized carbons (Fsp3) is 0.174. The standard InChI is InChI=1S/C23H21N3O3S/c1-13-8-14(2)22(15(3)9-13)26-18-6-7-24-11-17(18)25-23(26)30-12-21(29)16-4-5-19(27)20(28)10-16/h4-11,27-28H,12H2,1-3H3. The Bertz CT molecular complexity index is 1260. The summed E-state index contributed by atoms with van der Waals surface area (Å²) in [5, 5.41) is 19.8. The zero-order chi connectivity index (χ0) is 21.4. The van der Waals surface area contributed by atoms with Crippen LogP contribution in [0.5, 0.6) is 11.5 Å². The number of hydrogen-bond acceptors (Lipinski definition) is 6. The maximum atomic E-state index is 12.7. The fourth-order valence-corrected chi connectivity index (χ4v) is 4.57. The molecule has 0 spiro atoms. The molecule has 0 aliphatic rings. The number of benzene rings is 2. The Morgan fingerprint density at radius 1 is 1.03 bits per heavy atom. The number of phenolic OH excluding ortho intramolecular Hbond substituents is 2. The van der Waals surface area contributed by atoms with Gasteiger partial charge in [0.15, 0.2) is 22.4 Å². The summed E-state index contributed by atoms with van der Waals surface area (Å²) in [6.07, 6.45) is 3.45. The number of carbonyl (C=O) groups excluding carboxylic acids is 1. The summed E-state index contributed by atoms with van der Waals surface area (Å²) >= 11 is 1.33. The first-order chi connectivity index (χ1) is 14.3. The van der Waals surface area contributed by atoms with E-state index in [2.05, 4.69) is 42.5 Å². The third-order valence-electron chi connectivity index (χ3n) is 4.91. The Morgan fingerprint density at radius 2 is 1.77 bits per heavy atom. The predicted octanol–water partition coefficient (Wildman–Crippen LogP) is 4.73. The molecule has 0 amide bonds. The number of hydrogen-bond donors (Lipinski definition) is 2. The number of imidazole rings is 1. The molecule has 152 valence electrons. The van der Waals surface area contributed by atoms with Crippen LogP contribution in [0, 0.1) is 20.8 Å². The normalized spacial score (nSPS) is 11.2. The quantitative estimate of drug-likeness (QED) is 0.276. The van der Waals surface area contributed by atoms with Gasteiger partial charge in [0.05, 0.1) is 23.2 Å². The lowest BCUT2D eigenvalue weighted by Gasteiger charge is -2.15. The average molecular weight is 420 g/mol. The summed E-state index contributed by atoms with van der Waals surface area (Å²) in [6.45, 7) is 6.21. The first-order valence-corrected chi connectivity index (χ1v) is 10.4. The molecule has 0 radical (unpaired) electrons. The molecule has 4 aromatic rings. The zero-order valence-corrected chi connectivity index (χ0v) is 17.7. The second-order valence-corrected chi connectivity index (χ2v) is 8.20. The van der Waals surface area contributed by atoms with Crippen LogP contribution in [0.2, 0.25) is 0 Å². The molecule has 4 rings (SSSR count). The monoisotopic (exact) mass is 419 g/mol. The van der Waals surface area contributed by atoms with Gasteiger partial charge in [-0.05, 0) is 56.2 Å². The molecule has 7 heteroatoms. The van der Waals surface area contributed by atoms with Gasteiger partial charge in [-0.2, -0.15) is 0 Å². The number of nitrogens with zero attached hydrogens (tertiary/aromatic N) is 3. The number of aromatic nitrogens is 3. The lowest BCUT2D eigenvalue weighted by Crippen LogP contribution is -2.06. The largest absolute Gasteiger partial charge is 0.504 e. The molecule has 2 heterocycles. The summed E-state index contributed by atoms with van der Waals surface area (Å²) in [5.41, 5.74) is 6.51. The van der Waals surface area contributed by atoms with E-state index in [1.807, 2.05) is 6.07 Å². The summed E-state index contributed by atoms with van der Waals surface area (Å²) in [4.78, 5) is 21.6. The van der Waals surface area contributed by atoms with Crippen molar-refractivity contribution in [2.45, 2.75) is 25.9 Å². The smallest absolute Gasteiger partial charge is 0.174 e. The van der Waals surface area contributed by atoms with Crippen molar-refractivity contribution >= 4 is 28.6 Å². The van der Waals surface area contributed by atoms with Gasteiger partial charge in [-0.25, -0.2) is 4.98 Å². The third kappa shape index (κ3) is 3.64. The van der Waals surface area contributed by atoms with Gasteiger partial charge in [-0.3, -0.25) is 14.3 Å². The van der Waals surface area contributed by atoms with Crippen molar-refractivity contribution in [3.8, 4) is 17.2 Å². The van der Waals surface area contributed by atoms with Crippen molar-refractivity contribution in [2.24, 2.45) is 0 Å². The van der Waals surface area contributed by atoms with Crippen LogP contribution in [0.1, 0.15) is 27.0 Å². The van der Waals surface area contributed by atoms with Crippen LogP contribution in [0.25, 0.3) is 16.7 Å². The average Bonchev–Trinajstić information content (AvgIpc) is 3.06. The van der Waals surface area contributed by atoms with Crippen LogP contribution in [0.3, 0.4) is 0 Å². The van der Waals surface area contributed by atoms with Crippen LogP contribution in [0.4, 0.5) is 0 Å². The van der Waals surface area contributed by atoms with Crippen LogP contribution in [-0.4, -0.2) is 36.3 Å².